The number of benzene rings is 1. The van der Waals surface area contributed by atoms with Crippen molar-refractivity contribution in [2.75, 3.05) is 16.8 Å². The van der Waals surface area contributed by atoms with Gasteiger partial charge in [0.05, 0.1) is 12.1 Å². The van der Waals surface area contributed by atoms with Crippen molar-refractivity contribution in [3.05, 3.63) is 47.9 Å². The fourth-order valence-corrected chi connectivity index (χ4v) is 2.80. The number of amides is 1. The van der Waals surface area contributed by atoms with E-state index in [1.165, 1.54) is 12.1 Å². The highest BCUT2D eigenvalue weighted by Gasteiger charge is 2.37. The molecule has 0 bridgehead atoms. The minimum atomic E-state index is -0.401. The summed E-state index contributed by atoms with van der Waals surface area (Å²) in [4.78, 5) is 22.3. The zero-order valence-electron chi connectivity index (χ0n) is 14.4. The smallest absolute Gasteiger partial charge is 0.415 e. The zero-order chi connectivity index (χ0) is 18.0. The number of ether oxygens (including phenoxy) is 1. The maximum atomic E-state index is 13.4. The Kier molecular flexibility index (Phi) is 4.83. The Morgan fingerprint density at radius 1 is 1.32 bits per heavy atom. The molecule has 2 aromatic rings. The number of carbonyl (C=O) groups is 1. The third-order valence-electron chi connectivity index (χ3n) is 4.26. The number of halogens is 1. The molecule has 1 aliphatic rings. The van der Waals surface area contributed by atoms with Gasteiger partial charge in [0.1, 0.15) is 18.2 Å². The molecule has 1 saturated heterocycles. The Hall–Kier alpha value is -2.70. The molecule has 1 N–H and O–H groups in total. The monoisotopic (exact) mass is 344 g/mol. The summed E-state index contributed by atoms with van der Waals surface area (Å²) in [6, 6.07) is 7.80. The van der Waals surface area contributed by atoms with E-state index in [2.05, 4.69) is 15.3 Å². The minimum absolute atomic E-state index is 0.0594. The largest absolute Gasteiger partial charge is 0.447 e. The maximum Gasteiger partial charge on any atom is 0.415 e. The van der Waals surface area contributed by atoms with Gasteiger partial charge in [-0.15, -0.1) is 0 Å². The molecule has 132 valence electrons. The number of carbonyl (C=O) groups excluding carboxylic acids is 1. The number of anilines is 2. The van der Waals surface area contributed by atoms with Crippen LogP contribution in [0.5, 0.6) is 0 Å². The lowest BCUT2D eigenvalue weighted by atomic mass is 10.0. The average molecular weight is 344 g/mol. The van der Waals surface area contributed by atoms with E-state index in [1.54, 1.807) is 23.2 Å². The minimum Gasteiger partial charge on any atom is -0.447 e. The molecule has 1 aromatic carbocycles. The second kappa shape index (κ2) is 7.04. The van der Waals surface area contributed by atoms with Crippen molar-refractivity contribution in [1.29, 1.82) is 0 Å². The number of rotatable bonds is 5. The number of nitrogens with one attached hydrogen (secondary N) is 1. The van der Waals surface area contributed by atoms with Gasteiger partial charge >= 0.3 is 6.09 Å². The van der Waals surface area contributed by atoms with Crippen molar-refractivity contribution in [3.8, 4) is 0 Å². The number of cyclic esters (lactones) is 1. The molecule has 3 rings (SSSR count). The van der Waals surface area contributed by atoms with Crippen molar-refractivity contribution >= 4 is 17.9 Å². The molecule has 1 amide bonds. The highest BCUT2D eigenvalue weighted by Crippen LogP contribution is 2.26. The molecule has 0 radical (unpaired) electrons. The van der Waals surface area contributed by atoms with Crippen LogP contribution in [0.4, 0.5) is 21.0 Å². The van der Waals surface area contributed by atoms with Gasteiger partial charge in [-0.25, -0.2) is 14.2 Å². The fourth-order valence-electron chi connectivity index (χ4n) is 2.80. The SMILES string of the molecule is CC(C)C1COC(=O)N1c1ccnc(N[C@@H](C)c2cccc(F)c2)n1. The van der Waals surface area contributed by atoms with E-state index in [9.17, 15) is 9.18 Å². The maximum absolute atomic E-state index is 13.4. The molecule has 1 aliphatic heterocycles. The van der Waals surface area contributed by atoms with Gasteiger partial charge in [-0.1, -0.05) is 26.0 Å². The summed E-state index contributed by atoms with van der Waals surface area (Å²) in [5, 5.41) is 3.14. The van der Waals surface area contributed by atoms with Crippen LogP contribution < -0.4 is 10.2 Å². The van der Waals surface area contributed by atoms with Crippen LogP contribution in [-0.4, -0.2) is 28.7 Å². The van der Waals surface area contributed by atoms with E-state index in [0.717, 1.165) is 5.56 Å². The van der Waals surface area contributed by atoms with Gasteiger partial charge in [0.15, 0.2) is 0 Å². The molecule has 7 heteroatoms. The summed E-state index contributed by atoms with van der Waals surface area (Å²) in [7, 11) is 0. The Morgan fingerprint density at radius 3 is 2.84 bits per heavy atom. The van der Waals surface area contributed by atoms with E-state index in [-0.39, 0.29) is 23.8 Å². The van der Waals surface area contributed by atoms with Crippen LogP contribution in [0.2, 0.25) is 0 Å². The summed E-state index contributed by atoms with van der Waals surface area (Å²) < 4.78 is 18.5. The highest BCUT2D eigenvalue weighted by molar-refractivity contribution is 5.89. The summed E-state index contributed by atoms with van der Waals surface area (Å²) in [5.74, 6) is 0.811. The summed E-state index contributed by atoms with van der Waals surface area (Å²) in [5.41, 5.74) is 0.787. The number of hydrogen-bond acceptors (Lipinski definition) is 5. The number of nitrogens with zero attached hydrogens (tertiary/aromatic N) is 3. The molecule has 2 atom stereocenters. The summed E-state index contributed by atoms with van der Waals surface area (Å²) in [6.45, 7) is 6.31. The van der Waals surface area contributed by atoms with Gasteiger partial charge in [-0.2, -0.15) is 4.98 Å². The van der Waals surface area contributed by atoms with Gasteiger partial charge in [-0.05, 0) is 36.6 Å². The zero-order valence-corrected chi connectivity index (χ0v) is 14.4. The lowest BCUT2D eigenvalue weighted by molar-refractivity contribution is 0.177. The number of hydrogen-bond donors (Lipinski definition) is 1. The second-order valence-electron chi connectivity index (χ2n) is 6.42. The molecule has 0 saturated carbocycles. The van der Waals surface area contributed by atoms with E-state index in [0.29, 0.717) is 18.4 Å². The van der Waals surface area contributed by atoms with Crippen molar-refractivity contribution in [1.82, 2.24) is 9.97 Å². The third kappa shape index (κ3) is 3.70. The molecule has 1 aromatic heterocycles. The van der Waals surface area contributed by atoms with Crippen LogP contribution in [0, 0.1) is 11.7 Å². The molecule has 1 fully saturated rings. The van der Waals surface area contributed by atoms with Crippen LogP contribution in [0.3, 0.4) is 0 Å². The van der Waals surface area contributed by atoms with Crippen molar-refractivity contribution in [3.63, 3.8) is 0 Å². The molecule has 25 heavy (non-hydrogen) atoms. The lowest BCUT2D eigenvalue weighted by Gasteiger charge is -2.23. The molecule has 6 nitrogen and oxygen atoms in total. The van der Waals surface area contributed by atoms with Gasteiger partial charge in [0.2, 0.25) is 5.95 Å². The number of aromatic nitrogens is 2. The van der Waals surface area contributed by atoms with Gasteiger partial charge in [-0.3, -0.25) is 4.90 Å². The molecule has 2 heterocycles. The Labute approximate surface area is 146 Å². The van der Waals surface area contributed by atoms with Crippen molar-refractivity contribution in [2.45, 2.75) is 32.9 Å². The van der Waals surface area contributed by atoms with E-state index < -0.39 is 6.09 Å². The standard InChI is InChI=1S/C18H21FN4O2/c1-11(2)15-10-25-18(24)23(15)16-7-8-20-17(22-16)21-12(3)13-5-4-6-14(19)9-13/h4-9,11-12,15H,10H2,1-3H3,(H,20,21,22)/t12-,15?/m0/s1. The van der Waals surface area contributed by atoms with Gasteiger partial charge < -0.3 is 10.1 Å². The predicted molar refractivity (Wildman–Crippen MR) is 92.9 cm³/mol. The van der Waals surface area contributed by atoms with Crippen molar-refractivity contribution in [2.24, 2.45) is 5.92 Å². The fraction of sp³-hybridized carbons (Fsp3) is 0.389. The normalized spacial score (nSPS) is 18.4. The third-order valence-corrected chi connectivity index (χ3v) is 4.26. The molecular weight excluding hydrogens is 323 g/mol. The van der Waals surface area contributed by atoms with Crippen LogP contribution in [-0.2, 0) is 4.74 Å². The highest BCUT2D eigenvalue weighted by atomic mass is 19.1. The molecule has 0 aliphatic carbocycles. The first-order valence-corrected chi connectivity index (χ1v) is 8.26. The Balaban J connectivity index is 1.81. The van der Waals surface area contributed by atoms with Gasteiger partial charge in [0.25, 0.3) is 0 Å². The Morgan fingerprint density at radius 2 is 2.12 bits per heavy atom. The molecule has 0 spiro atoms. The van der Waals surface area contributed by atoms with E-state index in [1.807, 2.05) is 26.8 Å². The Bertz CT molecular complexity index is 768. The molecular formula is C18H21FN4O2. The van der Waals surface area contributed by atoms with Crippen LogP contribution >= 0.6 is 0 Å². The van der Waals surface area contributed by atoms with E-state index in [4.69, 9.17) is 4.74 Å². The first-order valence-electron chi connectivity index (χ1n) is 8.26. The summed E-state index contributed by atoms with van der Waals surface area (Å²) in [6.07, 6.45) is 1.19. The van der Waals surface area contributed by atoms with Gasteiger partial charge in [0, 0.05) is 6.20 Å². The van der Waals surface area contributed by atoms with Crippen LogP contribution in [0.25, 0.3) is 0 Å². The van der Waals surface area contributed by atoms with E-state index >= 15 is 0 Å². The summed E-state index contributed by atoms with van der Waals surface area (Å²) >= 11 is 0. The first kappa shape index (κ1) is 17.1. The second-order valence-corrected chi connectivity index (χ2v) is 6.42. The molecule has 1 unspecified atom stereocenters. The quantitative estimate of drug-likeness (QED) is 0.894. The average Bonchev–Trinajstić information content (AvgIpc) is 2.97. The lowest BCUT2D eigenvalue weighted by Crippen LogP contribution is -2.37. The predicted octanol–water partition coefficient (Wildman–Crippen LogP) is 3.77. The van der Waals surface area contributed by atoms with Crippen LogP contribution in [0.1, 0.15) is 32.4 Å². The first-order chi connectivity index (χ1) is 12.0. The van der Waals surface area contributed by atoms with Crippen LogP contribution in [0.15, 0.2) is 36.5 Å². The topological polar surface area (TPSA) is 67.3 Å². The van der Waals surface area contributed by atoms with Crippen molar-refractivity contribution < 1.29 is 13.9 Å².